The highest BCUT2D eigenvalue weighted by molar-refractivity contribution is 5.99. The van der Waals surface area contributed by atoms with Crippen molar-refractivity contribution in [2.24, 2.45) is 5.10 Å². The molecule has 0 unspecified atom stereocenters. The van der Waals surface area contributed by atoms with E-state index < -0.39 is 0 Å². The summed E-state index contributed by atoms with van der Waals surface area (Å²) in [6.07, 6.45) is 0.194. The number of methoxy groups -OCH3 is 2. The summed E-state index contributed by atoms with van der Waals surface area (Å²) in [5, 5.41) is 4.16. The summed E-state index contributed by atoms with van der Waals surface area (Å²) in [4.78, 5) is 12.1. The lowest BCUT2D eigenvalue weighted by atomic mass is 10.1. The zero-order chi connectivity index (χ0) is 18.5. The minimum atomic E-state index is -0.219. The zero-order valence-electron chi connectivity index (χ0n) is 14.9. The van der Waals surface area contributed by atoms with Crippen molar-refractivity contribution in [1.29, 1.82) is 0 Å². The van der Waals surface area contributed by atoms with E-state index in [0.717, 1.165) is 11.1 Å². The van der Waals surface area contributed by atoms with E-state index in [4.69, 9.17) is 18.9 Å². The number of nitrogens with zero attached hydrogens (tertiary/aromatic N) is 1. The highest BCUT2D eigenvalue weighted by atomic mass is 16.7. The molecule has 7 heteroatoms. The lowest BCUT2D eigenvalue weighted by molar-refractivity contribution is -0.120. The smallest absolute Gasteiger partial charge is 0.244 e. The summed E-state index contributed by atoms with van der Waals surface area (Å²) in [5.41, 5.74) is 4.88. The van der Waals surface area contributed by atoms with Gasteiger partial charge in [-0.15, -0.1) is 0 Å². The number of fused-ring (bicyclic) bond motifs is 1. The molecule has 1 aliphatic heterocycles. The van der Waals surface area contributed by atoms with Crippen molar-refractivity contribution < 1.29 is 23.7 Å². The number of benzene rings is 2. The Kier molecular flexibility index (Phi) is 5.26. The van der Waals surface area contributed by atoms with E-state index in [-0.39, 0.29) is 19.1 Å². The van der Waals surface area contributed by atoms with Crippen LogP contribution in [0.1, 0.15) is 18.1 Å². The Morgan fingerprint density at radius 2 is 1.85 bits per heavy atom. The van der Waals surface area contributed by atoms with Gasteiger partial charge < -0.3 is 18.9 Å². The number of hydrazone groups is 1. The number of hydrogen-bond acceptors (Lipinski definition) is 6. The molecule has 26 heavy (non-hydrogen) atoms. The number of nitrogens with one attached hydrogen (secondary N) is 1. The van der Waals surface area contributed by atoms with E-state index >= 15 is 0 Å². The van der Waals surface area contributed by atoms with Crippen LogP contribution in [0.25, 0.3) is 0 Å². The lowest BCUT2D eigenvalue weighted by Crippen LogP contribution is -2.21. The van der Waals surface area contributed by atoms with Crippen LogP contribution in [0.5, 0.6) is 23.0 Å². The van der Waals surface area contributed by atoms with Crippen LogP contribution in [0.4, 0.5) is 0 Å². The molecule has 2 aromatic carbocycles. The van der Waals surface area contributed by atoms with Crippen LogP contribution >= 0.6 is 0 Å². The lowest BCUT2D eigenvalue weighted by Gasteiger charge is -2.09. The van der Waals surface area contributed by atoms with Gasteiger partial charge in [0.1, 0.15) is 0 Å². The van der Waals surface area contributed by atoms with Gasteiger partial charge in [0, 0.05) is 5.56 Å². The fourth-order valence-corrected chi connectivity index (χ4v) is 2.55. The summed E-state index contributed by atoms with van der Waals surface area (Å²) < 4.78 is 21.1. The van der Waals surface area contributed by atoms with Crippen molar-refractivity contribution >= 4 is 11.6 Å². The third-order valence-electron chi connectivity index (χ3n) is 3.95. The van der Waals surface area contributed by atoms with Gasteiger partial charge in [0.2, 0.25) is 12.7 Å². The monoisotopic (exact) mass is 356 g/mol. The third kappa shape index (κ3) is 3.88. The molecule has 0 fully saturated rings. The topological polar surface area (TPSA) is 78.4 Å². The summed E-state index contributed by atoms with van der Waals surface area (Å²) in [6.45, 7) is 2.02. The van der Waals surface area contributed by atoms with Crippen molar-refractivity contribution in [2.75, 3.05) is 21.0 Å². The molecule has 0 aromatic heterocycles. The second-order valence-electron chi connectivity index (χ2n) is 5.67. The van der Waals surface area contributed by atoms with Gasteiger partial charge in [-0.3, -0.25) is 4.79 Å². The third-order valence-corrected chi connectivity index (χ3v) is 3.95. The molecule has 0 spiro atoms. The Morgan fingerprint density at radius 3 is 2.62 bits per heavy atom. The normalized spacial score (nSPS) is 12.7. The van der Waals surface area contributed by atoms with Crippen LogP contribution in [-0.4, -0.2) is 32.6 Å². The maximum atomic E-state index is 12.1. The molecule has 0 aliphatic carbocycles. The van der Waals surface area contributed by atoms with Crippen LogP contribution < -0.4 is 24.4 Å². The molecular weight excluding hydrogens is 336 g/mol. The first-order valence-corrected chi connectivity index (χ1v) is 8.04. The van der Waals surface area contributed by atoms with Gasteiger partial charge in [-0.05, 0) is 42.8 Å². The number of carbonyl (C=O) groups excluding carboxylic acids is 1. The molecule has 2 aromatic rings. The van der Waals surface area contributed by atoms with Gasteiger partial charge in [0.25, 0.3) is 0 Å². The number of ether oxygens (including phenoxy) is 4. The van der Waals surface area contributed by atoms with Crippen LogP contribution in [0.2, 0.25) is 0 Å². The van der Waals surface area contributed by atoms with E-state index in [1.807, 2.05) is 25.1 Å². The van der Waals surface area contributed by atoms with E-state index in [1.165, 1.54) is 0 Å². The summed E-state index contributed by atoms with van der Waals surface area (Å²) in [5.74, 6) is 2.36. The summed E-state index contributed by atoms with van der Waals surface area (Å²) >= 11 is 0. The standard InChI is InChI=1S/C19H20N2O5/c1-12(14-5-7-15(23-2)17(10-14)24-3)20-21-19(22)9-13-4-6-16-18(8-13)26-11-25-16/h4-8,10H,9,11H2,1-3H3,(H,21,22)/b20-12-. The van der Waals surface area contributed by atoms with Crippen molar-refractivity contribution in [3.63, 3.8) is 0 Å². The van der Waals surface area contributed by atoms with Crippen molar-refractivity contribution in [3.8, 4) is 23.0 Å². The molecule has 0 saturated carbocycles. The predicted molar refractivity (Wildman–Crippen MR) is 96.2 cm³/mol. The Hall–Kier alpha value is -3.22. The average molecular weight is 356 g/mol. The maximum absolute atomic E-state index is 12.1. The molecule has 1 heterocycles. The van der Waals surface area contributed by atoms with Gasteiger partial charge in [0.05, 0.1) is 26.4 Å². The van der Waals surface area contributed by atoms with Crippen molar-refractivity contribution in [3.05, 3.63) is 47.5 Å². The second kappa shape index (κ2) is 7.77. The number of hydrogen-bond donors (Lipinski definition) is 1. The highest BCUT2D eigenvalue weighted by Crippen LogP contribution is 2.32. The quantitative estimate of drug-likeness (QED) is 0.636. The molecule has 136 valence electrons. The van der Waals surface area contributed by atoms with E-state index in [0.29, 0.717) is 28.7 Å². The predicted octanol–water partition coefficient (Wildman–Crippen LogP) is 2.52. The van der Waals surface area contributed by atoms with Gasteiger partial charge in [-0.2, -0.15) is 5.10 Å². The van der Waals surface area contributed by atoms with E-state index in [2.05, 4.69) is 10.5 Å². The van der Waals surface area contributed by atoms with Crippen LogP contribution in [0.15, 0.2) is 41.5 Å². The molecule has 0 saturated heterocycles. The fourth-order valence-electron chi connectivity index (χ4n) is 2.55. The molecule has 1 amide bonds. The van der Waals surface area contributed by atoms with Crippen LogP contribution in [0.3, 0.4) is 0 Å². The number of amides is 1. The second-order valence-corrected chi connectivity index (χ2v) is 5.67. The van der Waals surface area contributed by atoms with Crippen LogP contribution in [-0.2, 0) is 11.2 Å². The molecule has 1 N–H and O–H groups in total. The molecule has 1 aliphatic rings. The molecular formula is C19H20N2O5. The molecule has 0 bridgehead atoms. The minimum absolute atomic E-state index is 0.194. The first-order valence-electron chi connectivity index (χ1n) is 8.04. The Morgan fingerprint density at radius 1 is 1.08 bits per heavy atom. The largest absolute Gasteiger partial charge is 0.493 e. The van der Waals surface area contributed by atoms with Crippen molar-refractivity contribution in [2.45, 2.75) is 13.3 Å². The molecule has 3 rings (SSSR count). The summed E-state index contributed by atoms with van der Waals surface area (Å²) in [7, 11) is 3.15. The highest BCUT2D eigenvalue weighted by Gasteiger charge is 2.14. The molecule has 0 radical (unpaired) electrons. The Labute approximate surface area is 151 Å². The van der Waals surface area contributed by atoms with Gasteiger partial charge >= 0.3 is 0 Å². The average Bonchev–Trinajstić information content (AvgIpc) is 3.13. The SMILES string of the molecule is COc1ccc(/C(C)=N\NC(=O)Cc2ccc3c(c2)OCO3)cc1OC. The molecule has 7 nitrogen and oxygen atoms in total. The van der Waals surface area contributed by atoms with Crippen LogP contribution in [0, 0.1) is 0 Å². The van der Waals surface area contributed by atoms with Gasteiger partial charge in [-0.1, -0.05) is 6.07 Å². The summed E-state index contributed by atoms with van der Waals surface area (Å²) in [6, 6.07) is 10.9. The Bertz CT molecular complexity index is 848. The van der Waals surface area contributed by atoms with Gasteiger partial charge in [-0.25, -0.2) is 5.43 Å². The van der Waals surface area contributed by atoms with Crippen molar-refractivity contribution in [1.82, 2.24) is 5.43 Å². The molecule has 0 atom stereocenters. The van der Waals surface area contributed by atoms with E-state index in [9.17, 15) is 4.79 Å². The maximum Gasteiger partial charge on any atom is 0.244 e. The minimum Gasteiger partial charge on any atom is -0.493 e. The fraction of sp³-hybridized carbons (Fsp3) is 0.263. The Balaban J connectivity index is 1.64. The first-order chi connectivity index (χ1) is 12.6. The number of carbonyl (C=O) groups is 1. The zero-order valence-corrected chi connectivity index (χ0v) is 14.9. The van der Waals surface area contributed by atoms with E-state index in [1.54, 1.807) is 32.4 Å². The number of rotatable bonds is 6. The van der Waals surface area contributed by atoms with Gasteiger partial charge in [0.15, 0.2) is 23.0 Å². The first kappa shape index (κ1) is 17.6.